The molecule has 0 atom stereocenters. The van der Waals surface area contributed by atoms with Crippen LogP contribution >= 0.6 is 0 Å². The van der Waals surface area contributed by atoms with Gasteiger partial charge in [0.2, 0.25) is 5.91 Å². The molecular formula is C20H16N2O2. The summed E-state index contributed by atoms with van der Waals surface area (Å²) in [7, 11) is 0. The third-order valence-corrected chi connectivity index (χ3v) is 3.49. The summed E-state index contributed by atoms with van der Waals surface area (Å²) in [6.45, 7) is 0. The largest absolute Gasteiger partial charge is 0.441 e. The van der Waals surface area contributed by atoms with E-state index in [0.717, 1.165) is 11.1 Å². The van der Waals surface area contributed by atoms with Crippen molar-refractivity contribution in [1.82, 2.24) is 4.98 Å². The smallest absolute Gasteiger partial charge is 0.224 e. The first-order chi connectivity index (χ1) is 11.7. The first-order valence-electron chi connectivity index (χ1n) is 7.61. The number of aryl methyl sites for hydroxylation is 1. The summed E-state index contributed by atoms with van der Waals surface area (Å²) >= 11 is 0. The topological polar surface area (TPSA) is 55.1 Å². The lowest BCUT2D eigenvalue weighted by Crippen LogP contribution is -2.12. The van der Waals surface area contributed by atoms with Crippen LogP contribution < -0.4 is 5.32 Å². The molecule has 0 aliphatic rings. The summed E-state index contributed by atoms with van der Waals surface area (Å²) in [5.74, 6) is 3.68. The van der Waals surface area contributed by atoms with Gasteiger partial charge in [-0.2, -0.15) is 0 Å². The molecule has 3 rings (SSSR count). The van der Waals surface area contributed by atoms with Crippen LogP contribution in [-0.2, 0) is 11.2 Å². The van der Waals surface area contributed by atoms with E-state index in [1.807, 2.05) is 42.5 Å². The second-order valence-corrected chi connectivity index (χ2v) is 5.26. The number of anilines is 1. The van der Waals surface area contributed by atoms with Crippen molar-refractivity contribution in [1.29, 1.82) is 0 Å². The number of amides is 1. The predicted molar refractivity (Wildman–Crippen MR) is 93.3 cm³/mol. The Balaban J connectivity index is 1.57. The van der Waals surface area contributed by atoms with Crippen LogP contribution in [0.15, 0.2) is 65.2 Å². The first kappa shape index (κ1) is 15.6. The highest BCUT2D eigenvalue weighted by Crippen LogP contribution is 2.20. The fourth-order valence-corrected chi connectivity index (χ4v) is 2.29. The first-order valence-corrected chi connectivity index (χ1v) is 7.61. The van der Waals surface area contributed by atoms with Crippen LogP contribution in [0, 0.1) is 12.3 Å². The van der Waals surface area contributed by atoms with Crippen molar-refractivity contribution in [2.75, 3.05) is 5.32 Å². The van der Waals surface area contributed by atoms with Crippen molar-refractivity contribution < 1.29 is 9.21 Å². The zero-order valence-corrected chi connectivity index (χ0v) is 13.0. The molecule has 1 aromatic heterocycles. The minimum absolute atomic E-state index is 0.108. The maximum Gasteiger partial charge on any atom is 0.224 e. The lowest BCUT2D eigenvalue weighted by atomic mass is 10.2. The lowest BCUT2D eigenvalue weighted by Gasteiger charge is -2.04. The Bertz CT molecular complexity index is 876. The lowest BCUT2D eigenvalue weighted by molar-refractivity contribution is -0.116. The number of benzene rings is 2. The van der Waals surface area contributed by atoms with Gasteiger partial charge in [-0.25, -0.2) is 4.98 Å². The number of terminal acetylenes is 1. The van der Waals surface area contributed by atoms with Gasteiger partial charge in [-0.3, -0.25) is 4.79 Å². The molecule has 3 aromatic rings. The maximum absolute atomic E-state index is 12.0. The standard InChI is InChI=1S/C20H16N2O2/c1-2-15-7-6-10-17(13-15)22-19(23)11-12-20-21-14-18(24-20)16-8-4-3-5-9-16/h1,3-10,13-14H,11-12H2,(H,22,23). The van der Waals surface area contributed by atoms with Crippen molar-refractivity contribution in [2.24, 2.45) is 0 Å². The highest BCUT2D eigenvalue weighted by atomic mass is 16.4. The minimum Gasteiger partial charge on any atom is -0.441 e. The number of nitrogens with zero attached hydrogens (tertiary/aromatic N) is 1. The molecule has 0 fully saturated rings. The van der Waals surface area contributed by atoms with E-state index in [-0.39, 0.29) is 12.3 Å². The van der Waals surface area contributed by atoms with E-state index >= 15 is 0 Å². The van der Waals surface area contributed by atoms with Crippen LogP contribution in [0.3, 0.4) is 0 Å². The summed E-state index contributed by atoms with van der Waals surface area (Å²) in [6.07, 6.45) is 7.76. The van der Waals surface area contributed by atoms with Gasteiger partial charge in [0, 0.05) is 29.7 Å². The average molecular weight is 316 g/mol. The van der Waals surface area contributed by atoms with E-state index in [9.17, 15) is 4.79 Å². The Morgan fingerprint density at radius 3 is 2.79 bits per heavy atom. The highest BCUT2D eigenvalue weighted by molar-refractivity contribution is 5.90. The van der Waals surface area contributed by atoms with Gasteiger partial charge in [-0.05, 0) is 18.2 Å². The predicted octanol–water partition coefficient (Wildman–Crippen LogP) is 3.89. The van der Waals surface area contributed by atoms with Crippen LogP contribution in [-0.4, -0.2) is 10.9 Å². The van der Waals surface area contributed by atoms with E-state index in [1.165, 1.54) is 0 Å². The van der Waals surface area contributed by atoms with Crippen molar-refractivity contribution in [2.45, 2.75) is 12.8 Å². The molecule has 0 unspecified atom stereocenters. The Hall–Kier alpha value is -3.32. The van der Waals surface area contributed by atoms with Gasteiger partial charge < -0.3 is 9.73 Å². The summed E-state index contributed by atoms with van der Waals surface area (Å²) in [5.41, 5.74) is 2.38. The summed E-state index contributed by atoms with van der Waals surface area (Å²) < 4.78 is 5.69. The van der Waals surface area contributed by atoms with Crippen LogP contribution in [0.5, 0.6) is 0 Å². The number of rotatable bonds is 5. The molecule has 1 amide bonds. The van der Waals surface area contributed by atoms with Gasteiger partial charge in [0.25, 0.3) is 0 Å². The van der Waals surface area contributed by atoms with Crippen LogP contribution in [0.2, 0.25) is 0 Å². The Kier molecular flexibility index (Phi) is 4.73. The highest BCUT2D eigenvalue weighted by Gasteiger charge is 2.09. The van der Waals surface area contributed by atoms with E-state index in [2.05, 4.69) is 16.2 Å². The number of hydrogen-bond acceptors (Lipinski definition) is 3. The molecule has 0 radical (unpaired) electrons. The monoisotopic (exact) mass is 316 g/mol. The Morgan fingerprint density at radius 1 is 1.17 bits per heavy atom. The number of nitrogens with one attached hydrogen (secondary N) is 1. The molecule has 0 saturated carbocycles. The molecular weight excluding hydrogens is 300 g/mol. The minimum atomic E-state index is -0.108. The van der Waals surface area contributed by atoms with Crippen molar-refractivity contribution >= 4 is 11.6 Å². The summed E-state index contributed by atoms with van der Waals surface area (Å²) in [4.78, 5) is 16.3. The molecule has 0 spiro atoms. The second-order valence-electron chi connectivity index (χ2n) is 5.26. The van der Waals surface area contributed by atoms with Gasteiger partial charge >= 0.3 is 0 Å². The van der Waals surface area contributed by atoms with Gasteiger partial charge in [0.15, 0.2) is 11.7 Å². The normalized spacial score (nSPS) is 10.1. The molecule has 0 bridgehead atoms. The fourth-order valence-electron chi connectivity index (χ4n) is 2.29. The van der Waals surface area contributed by atoms with Crippen LogP contribution in [0.1, 0.15) is 17.9 Å². The average Bonchev–Trinajstić information content (AvgIpc) is 3.10. The molecule has 0 saturated heterocycles. The van der Waals surface area contributed by atoms with E-state index < -0.39 is 0 Å². The molecule has 2 aromatic carbocycles. The van der Waals surface area contributed by atoms with Crippen LogP contribution in [0.25, 0.3) is 11.3 Å². The fraction of sp³-hybridized carbons (Fsp3) is 0.100. The molecule has 24 heavy (non-hydrogen) atoms. The Labute approximate surface area is 140 Å². The van der Waals surface area contributed by atoms with E-state index in [1.54, 1.807) is 18.3 Å². The number of aromatic nitrogens is 1. The second kappa shape index (κ2) is 7.30. The summed E-state index contributed by atoms with van der Waals surface area (Å²) in [6, 6.07) is 16.9. The van der Waals surface area contributed by atoms with Crippen LogP contribution in [0.4, 0.5) is 5.69 Å². The SMILES string of the molecule is C#Cc1cccc(NC(=O)CCc2ncc(-c3ccccc3)o2)c1. The van der Waals surface area contributed by atoms with Crippen molar-refractivity contribution in [3.05, 3.63) is 72.2 Å². The number of oxazole rings is 1. The Morgan fingerprint density at radius 2 is 2.00 bits per heavy atom. The van der Waals surface area contributed by atoms with E-state index in [0.29, 0.717) is 23.8 Å². The maximum atomic E-state index is 12.0. The number of carbonyl (C=O) groups is 1. The van der Waals surface area contributed by atoms with Gasteiger partial charge in [-0.15, -0.1) is 6.42 Å². The molecule has 4 nitrogen and oxygen atoms in total. The number of carbonyl (C=O) groups excluding carboxylic acids is 1. The molecule has 118 valence electrons. The molecule has 0 aliphatic heterocycles. The van der Waals surface area contributed by atoms with Crippen molar-refractivity contribution in [3.8, 4) is 23.7 Å². The number of hydrogen-bond donors (Lipinski definition) is 1. The molecule has 0 aliphatic carbocycles. The zero-order chi connectivity index (χ0) is 16.8. The molecule has 4 heteroatoms. The quantitative estimate of drug-likeness (QED) is 0.726. The third kappa shape index (κ3) is 3.90. The van der Waals surface area contributed by atoms with Crippen molar-refractivity contribution in [3.63, 3.8) is 0 Å². The summed E-state index contributed by atoms with van der Waals surface area (Å²) in [5, 5.41) is 2.82. The van der Waals surface area contributed by atoms with E-state index in [4.69, 9.17) is 10.8 Å². The molecule has 1 heterocycles. The van der Waals surface area contributed by atoms with Gasteiger partial charge in [0.05, 0.1) is 6.20 Å². The third-order valence-electron chi connectivity index (χ3n) is 3.49. The van der Waals surface area contributed by atoms with Gasteiger partial charge in [-0.1, -0.05) is 42.3 Å². The zero-order valence-electron chi connectivity index (χ0n) is 13.0. The molecule has 1 N–H and O–H groups in total. The van der Waals surface area contributed by atoms with Gasteiger partial charge in [0.1, 0.15) is 0 Å².